The summed E-state index contributed by atoms with van der Waals surface area (Å²) in [6.07, 6.45) is -0.543. The van der Waals surface area contributed by atoms with Gasteiger partial charge in [0.15, 0.2) is 0 Å². The summed E-state index contributed by atoms with van der Waals surface area (Å²) in [7, 11) is 1.50. The van der Waals surface area contributed by atoms with Crippen molar-refractivity contribution in [1.82, 2.24) is 5.32 Å². The van der Waals surface area contributed by atoms with Crippen LogP contribution >= 0.6 is 0 Å². The van der Waals surface area contributed by atoms with Crippen molar-refractivity contribution in [3.05, 3.63) is 24.0 Å². The van der Waals surface area contributed by atoms with Gasteiger partial charge in [0.05, 0.1) is 18.8 Å². The van der Waals surface area contributed by atoms with Gasteiger partial charge in [-0.05, 0) is 32.9 Å². The summed E-state index contributed by atoms with van der Waals surface area (Å²) in [5.41, 5.74) is 5.34. The number of halogens is 1. The molecule has 1 atom stereocenters. The Morgan fingerprint density at radius 1 is 1.41 bits per heavy atom. The fourth-order valence-electron chi connectivity index (χ4n) is 1.68. The quantitative estimate of drug-likeness (QED) is 0.749. The number of amides is 1. The Morgan fingerprint density at radius 2 is 2.09 bits per heavy atom. The molecule has 0 fully saturated rings. The van der Waals surface area contributed by atoms with E-state index in [1.165, 1.54) is 25.3 Å². The molecule has 6 nitrogen and oxygen atoms in total. The minimum atomic E-state index is -0.575. The minimum absolute atomic E-state index is 0.210. The maximum Gasteiger partial charge on any atom is 0.407 e. The average Bonchev–Trinajstić information content (AvgIpc) is 2.43. The molecule has 7 heteroatoms. The van der Waals surface area contributed by atoms with Gasteiger partial charge < -0.3 is 25.8 Å². The zero-order chi connectivity index (χ0) is 16.8. The van der Waals surface area contributed by atoms with Crippen LogP contribution in [0.5, 0.6) is 5.75 Å². The van der Waals surface area contributed by atoms with Gasteiger partial charge in [-0.25, -0.2) is 9.18 Å². The molecular formula is C15H24FN3O3. The molecule has 1 aromatic rings. The van der Waals surface area contributed by atoms with E-state index in [1.54, 1.807) is 20.8 Å². The van der Waals surface area contributed by atoms with Crippen LogP contribution in [0.2, 0.25) is 0 Å². The summed E-state index contributed by atoms with van der Waals surface area (Å²) in [6.45, 7) is 5.75. The van der Waals surface area contributed by atoms with Gasteiger partial charge >= 0.3 is 6.09 Å². The highest BCUT2D eigenvalue weighted by molar-refractivity contribution is 5.67. The largest absolute Gasteiger partial charge is 0.497 e. The Bertz CT molecular complexity index is 503. The molecule has 124 valence electrons. The summed E-state index contributed by atoms with van der Waals surface area (Å²) >= 11 is 0. The number of hydrogen-bond acceptors (Lipinski definition) is 5. The molecule has 0 aliphatic rings. The zero-order valence-electron chi connectivity index (χ0n) is 13.4. The van der Waals surface area contributed by atoms with Crippen LogP contribution in [0.25, 0.3) is 0 Å². The lowest BCUT2D eigenvalue weighted by atomic mass is 10.2. The first-order chi connectivity index (χ1) is 10.2. The number of rotatable bonds is 6. The summed E-state index contributed by atoms with van der Waals surface area (Å²) in [4.78, 5) is 11.6. The Hall–Kier alpha value is -2.02. The van der Waals surface area contributed by atoms with E-state index in [0.29, 0.717) is 5.75 Å². The summed E-state index contributed by atoms with van der Waals surface area (Å²) in [5, 5.41) is 5.54. The zero-order valence-corrected chi connectivity index (χ0v) is 13.4. The van der Waals surface area contributed by atoms with Crippen molar-refractivity contribution < 1.29 is 18.7 Å². The lowest BCUT2D eigenvalue weighted by Gasteiger charge is -2.22. The van der Waals surface area contributed by atoms with Crippen LogP contribution in [0.1, 0.15) is 20.8 Å². The predicted molar refractivity (Wildman–Crippen MR) is 83.7 cm³/mol. The number of carbonyl (C=O) groups excluding carboxylic acids is 1. The molecule has 1 aromatic carbocycles. The van der Waals surface area contributed by atoms with Crippen molar-refractivity contribution in [2.45, 2.75) is 32.4 Å². The molecular weight excluding hydrogens is 289 g/mol. The molecule has 0 aliphatic carbocycles. The van der Waals surface area contributed by atoms with Crippen LogP contribution in [0.15, 0.2) is 18.2 Å². The lowest BCUT2D eigenvalue weighted by Crippen LogP contribution is -2.43. The van der Waals surface area contributed by atoms with Crippen molar-refractivity contribution in [2.24, 2.45) is 5.73 Å². The summed E-state index contributed by atoms with van der Waals surface area (Å²) < 4.78 is 23.9. The molecule has 4 N–H and O–H groups in total. The number of nitrogens with one attached hydrogen (secondary N) is 2. The normalized spacial score (nSPS) is 12.5. The van der Waals surface area contributed by atoms with Gasteiger partial charge in [0.2, 0.25) is 0 Å². The molecule has 0 spiro atoms. The van der Waals surface area contributed by atoms with Crippen LogP contribution < -0.4 is 21.1 Å². The molecule has 0 heterocycles. The number of carbonyl (C=O) groups is 1. The molecule has 1 rings (SSSR count). The maximum absolute atomic E-state index is 13.8. The van der Waals surface area contributed by atoms with Crippen LogP contribution in [0, 0.1) is 5.82 Å². The van der Waals surface area contributed by atoms with E-state index in [0.717, 1.165) is 0 Å². The van der Waals surface area contributed by atoms with Crippen molar-refractivity contribution >= 4 is 11.8 Å². The third-order valence-corrected chi connectivity index (χ3v) is 2.71. The standard InChI is InChI=1S/C15H24FN3O3/c1-15(2,3)22-14(20)18-9-10(8-17)19-13-7-11(21-4)5-6-12(13)16/h5-7,10,19H,8-9,17H2,1-4H3,(H,18,20). The second-order valence-electron chi connectivity index (χ2n) is 5.81. The van der Waals surface area contributed by atoms with E-state index in [1.807, 2.05) is 0 Å². The molecule has 22 heavy (non-hydrogen) atoms. The lowest BCUT2D eigenvalue weighted by molar-refractivity contribution is 0.0526. The molecule has 0 bridgehead atoms. The van der Waals surface area contributed by atoms with Crippen molar-refractivity contribution in [3.8, 4) is 5.75 Å². The van der Waals surface area contributed by atoms with Crippen LogP contribution in [0.4, 0.5) is 14.9 Å². The average molecular weight is 313 g/mol. The van der Waals surface area contributed by atoms with E-state index in [9.17, 15) is 9.18 Å². The SMILES string of the molecule is COc1ccc(F)c(NC(CN)CNC(=O)OC(C)(C)C)c1. The van der Waals surface area contributed by atoms with Crippen molar-refractivity contribution in [3.63, 3.8) is 0 Å². The van der Waals surface area contributed by atoms with Gasteiger partial charge in [-0.3, -0.25) is 0 Å². The minimum Gasteiger partial charge on any atom is -0.497 e. The number of anilines is 1. The van der Waals surface area contributed by atoms with Crippen LogP contribution in [-0.4, -0.2) is 37.9 Å². The molecule has 1 amide bonds. The van der Waals surface area contributed by atoms with Crippen molar-refractivity contribution in [2.75, 3.05) is 25.5 Å². The van der Waals surface area contributed by atoms with Gasteiger partial charge in [0, 0.05) is 19.2 Å². The molecule has 1 unspecified atom stereocenters. The van der Waals surface area contributed by atoms with E-state index in [2.05, 4.69) is 10.6 Å². The second kappa shape index (κ2) is 7.84. The number of nitrogens with two attached hydrogens (primary N) is 1. The van der Waals surface area contributed by atoms with Gasteiger partial charge in [0.1, 0.15) is 17.2 Å². The van der Waals surface area contributed by atoms with E-state index in [-0.39, 0.29) is 24.8 Å². The third kappa shape index (κ3) is 6.17. The van der Waals surface area contributed by atoms with Gasteiger partial charge in [-0.1, -0.05) is 0 Å². The maximum atomic E-state index is 13.8. The first-order valence-corrected chi connectivity index (χ1v) is 7.02. The molecule has 0 radical (unpaired) electrons. The molecule has 0 aromatic heterocycles. The fourth-order valence-corrected chi connectivity index (χ4v) is 1.68. The van der Waals surface area contributed by atoms with E-state index < -0.39 is 17.5 Å². The molecule has 0 saturated carbocycles. The summed E-state index contributed by atoms with van der Waals surface area (Å²) in [6, 6.07) is 4.02. The first-order valence-electron chi connectivity index (χ1n) is 7.02. The Balaban J connectivity index is 2.60. The first kappa shape index (κ1) is 18.0. The van der Waals surface area contributed by atoms with Crippen molar-refractivity contribution in [1.29, 1.82) is 0 Å². The highest BCUT2D eigenvalue weighted by Crippen LogP contribution is 2.21. The smallest absolute Gasteiger partial charge is 0.407 e. The monoisotopic (exact) mass is 313 g/mol. The Kier molecular flexibility index (Phi) is 6.42. The predicted octanol–water partition coefficient (Wildman–Crippen LogP) is 2.10. The highest BCUT2D eigenvalue weighted by Gasteiger charge is 2.17. The Morgan fingerprint density at radius 3 is 2.64 bits per heavy atom. The second-order valence-corrected chi connectivity index (χ2v) is 5.81. The van der Waals surface area contributed by atoms with Gasteiger partial charge in [0.25, 0.3) is 0 Å². The summed E-state index contributed by atoms with van der Waals surface area (Å²) in [5.74, 6) is 0.108. The fraction of sp³-hybridized carbons (Fsp3) is 0.533. The topological polar surface area (TPSA) is 85.6 Å². The van der Waals surface area contributed by atoms with Gasteiger partial charge in [-0.2, -0.15) is 0 Å². The molecule has 0 saturated heterocycles. The van der Waals surface area contributed by atoms with Gasteiger partial charge in [-0.15, -0.1) is 0 Å². The number of ether oxygens (including phenoxy) is 2. The number of benzene rings is 1. The van der Waals surface area contributed by atoms with E-state index in [4.69, 9.17) is 15.2 Å². The van der Waals surface area contributed by atoms with Crippen LogP contribution in [0.3, 0.4) is 0 Å². The van der Waals surface area contributed by atoms with E-state index >= 15 is 0 Å². The highest BCUT2D eigenvalue weighted by atomic mass is 19.1. The number of hydrogen-bond donors (Lipinski definition) is 3. The third-order valence-electron chi connectivity index (χ3n) is 2.71. The molecule has 0 aliphatic heterocycles. The number of alkyl carbamates (subject to hydrolysis) is 1. The van der Waals surface area contributed by atoms with Crippen LogP contribution in [-0.2, 0) is 4.74 Å². The Labute approximate surface area is 130 Å². The number of methoxy groups -OCH3 is 1.